The molecule has 0 unspecified atom stereocenters. The van der Waals surface area contributed by atoms with Crippen LogP contribution in [0.5, 0.6) is 5.75 Å². The second-order valence-corrected chi connectivity index (χ2v) is 6.87. The molecule has 1 aromatic carbocycles. The zero-order chi connectivity index (χ0) is 16.4. The third kappa shape index (κ3) is 3.35. The molecule has 0 saturated carbocycles. The number of rotatable bonds is 5. The van der Waals surface area contributed by atoms with Crippen molar-refractivity contribution in [1.29, 1.82) is 0 Å². The van der Waals surface area contributed by atoms with Crippen LogP contribution in [0.3, 0.4) is 0 Å². The lowest BCUT2D eigenvalue weighted by molar-refractivity contribution is 0.299. The Hall–Kier alpha value is -1.78. The second kappa shape index (κ2) is 6.99. The van der Waals surface area contributed by atoms with Crippen molar-refractivity contribution in [2.24, 2.45) is 0 Å². The third-order valence-electron chi connectivity index (χ3n) is 4.73. The van der Waals surface area contributed by atoms with Crippen LogP contribution in [0.15, 0.2) is 30.3 Å². The molecule has 0 aliphatic carbocycles. The maximum absolute atomic E-state index is 6.56. The first-order chi connectivity index (χ1) is 11.8. The van der Waals surface area contributed by atoms with E-state index >= 15 is 0 Å². The first kappa shape index (κ1) is 15.7. The van der Waals surface area contributed by atoms with E-state index in [1.54, 1.807) is 0 Å². The number of nitrogens with zero attached hydrogens (tertiary/aromatic N) is 2. The summed E-state index contributed by atoms with van der Waals surface area (Å²) in [5, 5.41) is 4.03. The molecule has 4 nitrogen and oxygen atoms in total. The first-order valence-corrected chi connectivity index (χ1v) is 9.02. The molecule has 0 spiro atoms. The molecule has 24 heavy (non-hydrogen) atoms. The smallest absolute Gasteiger partial charge is 0.138 e. The van der Waals surface area contributed by atoms with Crippen molar-refractivity contribution in [1.82, 2.24) is 9.88 Å². The largest absolute Gasteiger partial charge is 0.486 e. The molecular formula is C19H22ClN3O. The summed E-state index contributed by atoms with van der Waals surface area (Å²) < 4.78 is 5.95. The zero-order valence-electron chi connectivity index (χ0n) is 13.7. The minimum atomic E-state index is 0.432. The van der Waals surface area contributed by atoms with Crippen molar-refractivity contribution < 1.29 is 4.74 Å². The molecule has 1 aromatic heterocycles. The molecule has 4 rings (SSSR count). The molecule has 0 atom stereocenters. The fraction of sp³-hybridized carbons (Fsp3) is 0.421. The van der Waals surface area contributed by atoms with Crippen molar-refractivity contribution in [2.45, 2.75) is 32.4 Å². The normalized spacial score (nSPS) is 16.9. The minimum absolute atomic E-state index is 0.432. The highest BCUT2D eigenvalue weighted by molar-refractivity contribution is 6.32. The van der Waals surface area contributed by atoms with Gasteiger partial charge in [0.2, 0.25) is 0 Å². The van der Waals surface area contributed by atoms with Crippen molar-refractivity contribution in [2.75, 3.05) is 25.0 Å². The summed E-state index contributed by atoms with van der Waals surface area (Å²) in [6, 6.07) is 10.2. The lowest BCUT2D eigenvalue weighted by Crippen LogP contribution is -2.18. The summed E-state index contributed by atoms with van der Waals surface area (Å²) in [4.78, 5) is 7.06. The quantitative estimate of drug-likeness (QED) is 0.894. The number of halogens is 1. The zero-order valence-corrected chi connectivity index (χ0v) is 14.5. The predicted octanol–water partition coefficient (Wildman–Crippen LogP) is 3.88. The number of ether oxygens (including phenoxy) is 1. The first-order valence-electron chi connectivity index (χ1n) is 8.65. The number of hydrogen-bond acceptors (Lipinski definition) is 4. The Bertz CT molecular complexity index is 729. The van der Waals surface area contributed by atoms with Crippen molar-refractivity contribution in [3.8, 4) is 5.75 Å². The second-order valence-electron chi connectivity index (χ2n) is 6.49. The highest BCUT2D eigenvalue weighted by Crippen LogP contribution is 2.30. The number of anilines is 1. The predicted molar refractivity (Wildman–Crippen MR) is 96.7 cm³/mol. The van der Waals surface area contributed by atoms with Gasteiger partial charge in [-0.05, 0) is 55.6 Å². The van der Waals surface area contributed by atoms with E-state index in [-0.39, 0.29) is 0 Å². The van der Waals surface area contributed by atoms with E-state index in [4.69, 9.17) is 16.3 Å². The Morgan fingerprint density at radius 2 is 2.04 bits per heavy atom. The van der Waals surface area contributed by atoms with E-state index in [2.05, 4.69) is 27.3 Å². The molecule has 3 heterocycles. The molecule has 126 valence electrons. The number of pyridine rings is 1. The molecule has 1 fully saturated rings. The average molecular weight is 344 g/mol. The maximum Gasteiger partial charge on any atom is 0.138 e. The van der Waals surface area contributed by atoms with Gasteiger partial charge < -0.3 is 10.1 Å². The van der Waals surface area contributed by atoms with Gasteiger partial charge in [-0.25, -0.2) is 4.98 Å². The van der Waals surface area contributed by atoms with Gasteiger partial charge in [0.05, 0.1) is 10.7 Å². The third-order valence-corrected chi connectivity index (χ3v) is 5.16. The summed E-state index contributed by atoms with van der Waals surface area (Å²) in [7, 11) is 0. The van der Waals surface area contributed by atoms with Crippen molar-refractivity contribution in [3.05, 3.63) is 52.2 Å². The Labute approximate surface area is 147 Å². The molecular weight excluding hydrogens is 322 g/mol. The fourth-order valence-corrected chi connectivity index (χ4v) is 3.64. The molecule has 0 amide bonds. The highest BCUT2D eigenvalue weighted by Gasteiger charge is 2.16. The van der Waals surface area contributed by atoms with Gasteiger partial charge in [0.1, 0.15) is 18.2 Å². The van der Waals surface area contributed by atoms with Crippen LogP contribution in [0.4, 0.5) is 5.82 Å². The van der Waals surface area contributed by atoms with Crippen LogP contribution < -0.4 is 10.1 Å². The van der Waals surface area contributed by atoms with Gasteiger partial charge in [-0.2, -0.15) is 0 Å². The van der Waals surface area contributed by atoms with Gasteiger partial charge in [0.15, 0.2) is 0 Å². The average Bonchev–Trinajstić information content (AvgIpc) is 3.26. The van der Waals surface area contributed by atoms with Crippen LogP contribution in [0.25, 0.3) is 0 Å². The number of benzene rings is 1. The minimum Gasteiger partial charge on any atom is -0.486 e. The number of fused-ring (bicyclic) bond motifs is 1. The molecule has 1 N–H and O–H groups in total. The summed E-state index contributed by atoms with van der Waals surface area (Å²) in [6.45, 7) is 4.62. The van der Waals surface area contributed by atoms with E-state index in [1.807, 2.05) is 18.2 Å². The summed E-state index contributed by atoms with van der Waals surface area (Å²) >= 11 is 6.56. The Balaban J connectivity index is 1.44. The van der Waals surface area contributed by atoms with E-state index in [1.165, 1.54) is 18.4 Å². The monoisotopic (exact) mass is 343 g/mol. The number of hydrogen-bond donors (Lipinski definition) is 1. The van der Waals surface area contributed by atoms with Gasteiger partial charge in [-0.15, -0.1) is 0 Å². The van der Waals surface area contributed by atoms with Gasteiger partial charge in [0.25, 0.3) is 0 Å². The Morgan fingerprint density at radius 1 is 1.17 bits per heavy atom. The van der Waals surface area contributed by atoms with Crippen LogP contribution in [-0.2, 0) is 19.6 Å². The van der Waals surface area contributed by atoms with Crippen LogP contribution in [0, 0.1) is 0 Å². The van der Waals surface area contributed by atoms with Crippen molar-refractivity contribution in [3.63, 3.8) is 0 Å². The Kier molecular flexibility index (Phi) is 4.58. The highest BCUT2D eigenvalue weighted by atomic mass is 35.5. The lowest BCUT2D eigenvalue weighted by Gasteiger charge is -2.17. The van der Waals surface area contributed by atoms with E-state index < -0.39 is 0 Å². The SMILES string of the molecule is Clc1c(CN2CCCC2)cccc1OCc1ccc2c(n1)NCC2. The van der Waals surface area contributed by atoms with E-state index in [0.717, 1.165) is 60.4 Å². The molecule has 0 bridgehead atoms. The van der Waals surface area contributed by atoms with Gasteiger partial charge in [-0.1, -0.05) is 29.8 Å². The summed E-state index contributed by atoms with van der Waals surface area (Å²) in [5.74, 6) is 1.73. The van der Waals surface area contributed by atoms with Gasteiger partial charge in [0, 0.05) is 13.1 Å². The number of likely N-dealkylation sites (tertiary alicyclic amines) is 1. The number of aromatic nitrogens is 1. The fourth-order valence-electron chi connectivity index (χ4n) is 3.40. The lowest BCUT2D eigenvalue weighted by atomic mass is 10.2. The van der Waals surface area contributed by atoms with E-state index in [0.29, 0.717) is 6.61 Å². The molecule has 1 saturated heterocycles. The van der Waals surface area contributed by atoms with Gasteiger partial charge >= 0.3 is 0 Å². The van der Waals surface area contributed by atoms with Crippen LogP contribution in [0.2, 0.25) is 5.02 Å². The standard InChI is InChI=1S/C19H22ClN3O/c20-18-15(12-23-10-1-2-11-23)4-3-5-17(18)24-13-16-7-6-14-8-9-21-19(14)22-16/h3-7H,1-2,8-13H2,(H,21,22). The molecule has 2 aliphatic rings. The maximum atomic E-state index is 6.56. The van der Waals surface area contributed by atoms with Crippen LogP contribution in [-0.4, -0.2) is 29.5 Å². The topological polar surface area (TPSA) is 37.4 Å². The molecule has 2 aliphatic heterocycles. The van der Waals surface area contributed by atoms with Crippen LogP contribution in [0.1, 0.15) is 29.7 Å². The van der Waals surface area contributed by atoms with E-state index in [9.17, 15) is 0 Å². The van der Waals surface area contributed by atoms with Gasteiger partial charge in [-0.3, -0.25) is 4.90 Å². The molecule has 5 heteroatoms. The summed E-state index contributed by atoms with van der Waals surface area (Å²) in [6.07, 6.45) is 3.62. The molecule has 0 radical (unpaired) electrons. The molecule has 2 aromatic rings. The number of nitrogens with one attached hydrogen (secondary N) is 1. The summed E-state index contributed by atoms with van der Waals surface area (Å²) in [5.41, 5.74) is 3.34. The van der Waals surface area contributed by atoms with Crippen molar-refractivity contribution >= 4 is 17.4 Å². The van der Waals surface area contributed by atoms with Crippen LogP contribution >= 0.6 is 11.6 Å². The Morgan fingerprint density at radius 3 is 2.92 bits per heavy atom.